The van der Waals surface area contributed by atoms with E-state index in [0.717, 1.165) is 30.6 Å². The van der Waals surface area contributed by atoms with Crippen LogP contribution in [0.2, 0.25) is 0 Å². The zero-order valence-corrected chi connectivity index (χ0v) is 10.8. The minimum absolute atomic E-state index is 0.315. The van der Waals surface area contributed by atoms with E-state index in [1.54, 1.807) is 7.11 Å². The molecule has 18 heavy (non-hydrogen) atoms. The van der Waals surface area contributed by atoms with E-state index in [-0.39, 0.29) is 0 Å². The van der Waals surface area contributed by atoms with Crippen LogP contribution in [0.25, 0.3) is 10.9 Å². The molecule has 1 heterocycles. The number of H-pyrrole nitrogens is 1. The largest absolute Gasteiger partial charge is 0.383 e. The average Bonchev–Trinajstić information content (AvgIpc) is 2.83. The summed E-state index contributed by atoms with van der Waals surface area (Å²) in [6.07, 6.45) is 3.98. The highest BCUT2D eigenvalue weighted by Crippen LogP contribution is 2.19. The van der Waals surface area contributed by atoms with Gasteiger partial charge in [-0.15, -0.1) is 0 Å². The summed E-state index contributed by atoms with van der Waals surface area (Å²) >= 11 is 0. The lowest BCUT2D eigenvalue weighted by Gasteiger charge is -2.19. The van der Waals surface area contributed by atoms with Gasteiger partial charge in [0, 0.05) is 35.9 Å². The molecule has 4 nitrogen and oxygen atoms in total. The number of hydrogen-bond donors (Lipinski definition) is 3. The lowest BCUT2D eigenvalue weighted by atomic mass is 10.1. The molecule has 0 amide bonds. The van der Waals surface area contributed by atoms with E-state index < -0.39 is 0 Å². The number of anilines is 1. The first-order valence-corrected chi connectivity index (χ1v) is 6.36. The van der Waals surface area contributed by atoms with Crippen molar-refractivity contribution in [3.63, 3.8) is 0 Å². The van der Waals surface area contributed by atoms with E-state index in [4.69, 9.17) is 10.5 Å². The molecule has 98 valence electrons. The third-order valence-corrected chi connectivity index (χ3v) is 3.05. The lowest BCUT2D eigenvalue weighted by Crippen LogP contribution is -2.25. The molecule has 0 aliphatic heterocycles. The zero-order valence-electron chi connectivity index (χ0n) is 10.8. The van der Waals surface area contributed by atoms with Gasteiger partial charge in [0.25, 0.3) is 0 Å². The summed E-state index contributed by atoms with van der Waals surface area (Å²) in [6, 6.07) is 8.71. The van der Waals surface area contributed by atoms with E-state index in [0.29, 0.717) is 12.6 Å². The maximum absolute atomic E-state index is 5.55. The normalized spacial score (nSPS) is 12.8. The summed E-state index contributed by atoms with van der Waals surface area (Å²) in [5.74, 6) is 0. The Hall–Kier alpha value is -1.52. The van der Waals surface area contributed by atoms with E-state index in [9.17, 15) is 0 Å². The molecular weight excluding hydrogens is 226 g/mol. The van der Waals surface area contributed by atoms with Crippen molar-refractivity contribution in [3.05, 3.63) is 30.5 Å². The molecule has 2 aromatic rings. The SMILES string of the molecule is COCC(CCCN)Nc1ccc2[nH]ccc2c1. The van der Waals surface area contributed by atoms with Crippen LogP contribution in [0.15, 0.2) is 30.5 Å². The van der Waals surface area contributed by atoms with Gasteiger partial charge in [-0.05, 0) is 43.7 Å². The van der Waals surface area contributed by atoms with Crippen molar-refractivity contribution in [2.75, 3.05) is 25.6 Å². The van der Waals surface area contributed by atoms with Crippen molar-refractivity contribution in [1.29, 1.82) is 0 Å². The van der Waals surface area contributed by atoms with Crippen LogP contribution in [0, 0.1) is 0 Å². The number of aromatic nitrogens is 1. The molecule has 0 saturated carbocycles. The summed E-state index contributed by atoms with van der Waals surface area (Å²) < 4.78 is 5.24. The van der Waals surface area contributed by atoms with Crippen molar-refractivity contribution in [3.8, 4) is 0 Å². The smallest absolute Gasteiger partial charge is 0.0664 e. The first kappa shape index (κ1) is 12.9. The highest BCUT2D eigenvalue weighted by molar-refractivity contribution is 5.83. The van der Waals surface area contributed by atoms with Crippen molar-refractivity contribution in [2.45, 2.75) is 18.9 Å². The Morgan fingerprint density at radius 3 is 3.06 bits per heavy atom. The third kappa shape index (κ3) is 3.24. The van der Waals surface area contributed by atoms with E-state index in [2.05, 4.69) is 34.6 Å². The molecule has 0 radical (unpaired) electrons. The van der Waals surface area contributed by atoms with Crippen molar-refractivity contribution in [1.82, 2.24) is 4.98 Å². The average molecular weight is 247 g/mol. The third-order valence-electron chi connectivity index (χ3n) is 3.05. The molecule has 0 aliphatic rings. The van der Waals surface area contributed by atoms with Gasteiger partial charge in [-0.2, -0.15) is 0 Å². The number of aromatic amines is 1. The first-order valence-electron chi connectivity index (χ1n) is 6.36. The second-order valence-electron chi connectivity index (χ2n) is 4.51. The summed E-state index contributed by atoms with van der Waals surface area (Å²) in [4.78, 5) is 3.19. The maximum atomic E-state index is 5.55. The van der Waals surface area contributed by atoms with Gasteiger partial charge in [-0.25, -0.2) is 0 Å². The molecule has 4 heteroatoms. The number of nitrogens with one attached hydrogen (secondary N) is 2. The van der Waals surface area contributed by atoms with Gasteiger partial charge in [-0.3, -0.25) is 0 Å². The second-order valence-corrected chi connectivity index (χ2v) is 4.51. The number of rotatable bonds is 7. The molecule has 0 aliphatic carbocycles. The lowest BCUT2D eigenvalue weighted by molar-refractivity contribution is 0.182. The molecular formula is C14H21N3O. The molecule has 4 N–H and O–H groups in total. The maximum Gasteiger partial charge on any atom is 0.0664 e. The number of nitrogens with two attached hydrogens (primary N) is 1. The Morgan fingerprint density at radius 2 is 2.28 bits per heavy atom. The van der Waals surface area contributed by atoms with Gasteiger partial charge >= 0.3 is 0 Å². The van der Waals surface area contributed by atoms with Gasteiger partial charge < -0.3 is 20.8 Å². The summed E-state index contributed by atoms with van der Waals surface area (Å²) in [5.41, 5.74) is 7.84. The molecule has 0 fully saturated rings. The van der Waals surface area contributed by atoms with Crippen LogP contribution < -0.4 is 11.1 Å². The molecule has 1 unspecified atom stereocenters. The van der Waals surface area contributed by atoms with Gasteiger partial charge in [0.15, 0.2) is 0 Å². The monoisotopic (exact) mass is 247 g/mol. The van der Waals surface area contributed by atoms with E-state index in [1.165, 1.54) is 5.39 Å². The predicted molar refractivity (Wildman–Crippen MR) is 75.9 cm³/mol. The molecule has 0 bridgehead atoms. The Bertz CT molecular complexity index is 481. The van der Waals surface area contributed by atoms with Gasteiger partial charge in [0.1, 0.15) is 0 Å². The second kappa shape index (κ2) is 6.42. The number of fused-ring (bicyclic) bond motifs is 1. The number of benzene rings is 1. The summed E-state index contributed by atoms with van der Waals surface area (Å²) in [5, 5.41) is 4.72. The molecule has 1 atom stereocenters. The molecule has 1 aromatic carbocycles. The fraction of sp³-hybridized carbons (Fsp3) is 0.429. The number of hydrogen-bond acceptors (Lipinski definition) is 3. The first-order chi connectivity index (χ1) is 8.83. The van der Waals surface area contributed by atoms with E-state index >= 15 is 0 Å². The van der Waals surface area contributed by atoms with Crippen molar-refractivity contribution >= 4 is 16.6 Å². The fourth-order valence-corrected chi connectivity index (χ4v) is 2.14. The van der Waals surface area contributed by atoms with Crippen LogP contribution in [-0.2, 0) is 4.74 Å². The van der Waals surface area contributed by atoms with Crippen molar-refractivity contribution in [2.24, 2.45) is 5.73 Å². The van der Waals surface area contributed by atoms with Gasteiger partial charge in [0.05, 0.1) is 6.61 Å². The molecule has 2 rings (SSSR count). The molecule has 0 spiro atoms. The van der Waals surface area contributed by atoms with Crippen LogP contribution in [0.5, 0.6) is 0 Å². The number of methoxy groups -OCH3 is 1. The van der Waals surface area contributed by atoms with E-state index in [1.807, 2.05) is 6.20 Å². The summed E-state index contributed by atoms with van der Waals surface area (Å²) in [7, 11) is 1.73. The topological polar surface area (TPSA) is 63.1 Å². The zero-order chi connectivity index (χ0) is 12.8. The van der Waals surface area contributed by atoms with Crippen LogP contribution in [-0.4, -0.2) is 31.3 Å². The molecule has 1 aromatic heterocycles. The van der Waals surface area contributed by atoms with Crippen molar-refractivity contribution < 1.29 is 4.74 Å². The Morgan fingerprint density at radius 1 is 1.39 bits per heavy atom. The van der Waals surface area contributed by atoms with Crippen LogP contribution in [0.1, 0.15) is 12.8 Å². The van der Waals surface area contributed by atoms with Gasteiger partial charge in [-0.1, -0.05) is 0 Å². The van der Waals surface area contributed by atoms with Crippen LogP contribution >= 0.6 is 0 Å². The highest BCUT2D eigenvalue weighted by atomic mass is 16.5. The summed E-state index contributed by atoms with van der Waals surface area (Å²) in [6.45, 7) is 1.42. The standard InChI is InChI=1S/C14H21N3O/c1-18-10-13(3-2-7-15)17-12-4-5-14-11(9-12)6-8-16-14/h4-6,8-9,13,16-17H,2-3,7,10,15H2,1H3. The minimum Gasteiger partial charge on any atom is -0.383 e. The minimum atomic E-state index is 0.315. The Balaban J connectivity index is 2.04. The molecule has 0 saturated heterocycles. The Labute approximate surface area is 108 Å². The fourth-order valence-electron chi connectivity index (χ4n) is 2.14. The number of ether oxygens (including phenoxy) is 1. The highest BCUT2D eigenvalue weighted by Gasteiger charge is 2.08. The quantitative estimate of drug-likeness (QED) is 0.703. The van der Waals surface area contributed by atoms with Gasteiger partial charge in [0.2, 0.25) is 0 Å². The van der Waals surface area contributed by atoms with Crippen LogP contribution in [0.4, 0.5) is 5.69 Å². The van der Waals surface area contributed by atoms with Crippen LogP contribution in [0.3, 0.4) is 0 Å². The Kier molecular flexibility index (Phi) is 4.61. The predicted octanol–water partition coefficient (Wildman–Crippen LogP) is 2.33.